The van der Waals surface area contributed by atoms with Gasteiger partial charge in [0, 0.05) is 12.6 Å². The van der Waals surface area contributed by atoms with Crippen molar-refractivity contribution in [2.24, 2.45) is 5.73 Å². The van der Waals surface area contributed by atoms with Crippen molar-refractivity contribution in [1.29, 1.82) is 0 Å². The predicted octanol–water partition coefficient (Wildman–Crippen LogP) is 0.452. The molecule has 9 nitrogen and oxygen atoms in total. The lowest BCUT2D eigenvalue weighted by Gasteiger charge is -2.15. The molecule has 3 N–H and O–H groups in total. The third-order valence-corrected chi connectivity index (χ3v) is 4.67. The highest BCUT2D eigenvalue weighted by atomic mass is 32.1. The maximum atomic E-state index is 12.6. The number of hydrogen-bond donors (Lipinski definition) is 2. The van der Waals surface area contributed by atoms with Crippen molar-refractivity contribution in [2.75, 3.05) is 0 Å². The molecule has 11 heteroatoms. The number of hydrogen-bond acceptors (Lipinski definition) is 9. The molecule has 0 radical (unpaired) electrons. The number of nitrogens with one attached hydrogen (secondary N) is 1. The van der Waals surface area contributed by atoms with Crippen LogP contribution in [0, 0.1) is 0 Å². The lowest BCUT2D eigenvalue weighted by molar-refractivity contribution is -0.137. The first-order valence-corrected chi connectivity index (χ1v) is 8.98. The maximum Gasteiger partial charge on any atom is 0.287 e. The van der Waals surface area contributed by atoms with Gasteiger partial charge in [-0.1, -0.05) is 0 Å². The Hall–Kier alpha value is -3.05. The van der Waals surface area contributed by atoms with Crippen molar-refractivity contribution >= 4 is 40.7 Å². The molecule has 132 valence electrons. The Morgan fingerprint density at radius 2 is 2.08 bits per heavy atom. The number of ketones is 1. The van der Waals surface area contributed by atoms with Crippen molar-refractivity contribution in [2.45, 2.75) is 12.5 Å². The van der Waals surface area contributed by atoms with E-state index in [4.69, 9.17) is 5.73 Å². The van der Waals surface area contributed by atoms with Gasteiger partial charge in [0.25, 0.3) is 11.8 Å². The molecule has 3 aromatic heterocycles. The first kappa shape index (κ1) is 17.8. The topological polar surface area (TPSA) is 141 Å². The fourth-order valence-corrected chi connectivity index (χ4v) is 3.42. The number of carbonyl (C=O) groups is 3. The van der Waals surface area contributed by atoms with Gasteiger partial charge in [0.05, 0.1) is 17.4 Å². The minimum Gasteiger partial charge on any atom is -0.363 e. The summed E-state index contributed by atoms with van der Waals surface area (Å²) < 4.78 is 8.05. The summed E-state index contributed by atoms with van der Waals surface area (Å²) in [5, 5.41) is 6.18. The molecule has 3 aromatic rings. The number of carbonyl (C=O) groups excluding carboxylic acids is 3. The number of nitrogens with two attached hydrogens (primary N) is 1. The molecular formula is C15H12N6O3S2. The van der Waals surface area contributed by atoms with Crippen LogP contribution in [-0.2, 0) is 16.0 Å². The lowest BCUT2D eigenvalue weighted by Crippen LogP contribution is -2.47. The van der Waals surface area contributed by atoms with Crippen molar-refractivity contribution in [1.82, 2.24) is 24.0 Å². The predicted molar refractivity (Wildman–Crippen MR) is 94.4 cm³/mol. The molecule has 0 saturated carbocycles. The van der Waals surface area contributed by atoms with E-state index in [0.717, 1.165) is 17.3 Å². The number of nitrogens with zero attached hydrogens (tertiary/aromatic N) is 4. The van der Waals surface area contributed by atoms with Crippen LogP contribution in [0.3, 0.4) is 0 Å². The van der Waals surface area contributed by atoms with Crippen LogP contribution in [-0.4, -0.2) is 42.4 Å². The third kappa shape index (κ3) is 3.95. The zero-order valence-corrected chi connectivity index (χ0v) is 14.8. The summed E-state index contributed by atoms with van der Waals surface area (Å²) in [7, 11) is 0. The van der Waals surface area contributed by atoms with Crippen LogP contribution in [0.4, 0.5) is 0 Å². The monoisotopic (exact) mass is 388 g/mol. The molecule has 0 saturated heterocycles. The van der Waals surface area contributed by atoms with E-state index in [1.54, 1.807) is 12.1 Å². The first-order chi connectivity index (χ1) is 12.6. The van der Waals surface area contributed by atoms with Gasteiger partial charge in [0.1, 0.15) is 18.1 Å². The van der Waals surface area contributed by atoms with Crippen molar-refractivity contribution in [3.05, 3.63) is 46.7 Å². The molecule has 0 aliphatic rings. The number of amides is 2. The number of Topliss-reactive ketones (excluding diaryl/α,β-unsaturated/α-hetero) is 1. The second-order valence-corrected chi connectivity index (χ2v) is 6.45. The van der Waals surface area contributed by atoms with Crippen LogP contribution in [0.2, 0.25) is 0 Å². The fraction of sp³-hybridized carbons (Fsp3) is 0.133. The van der Waals surface area contributed by atoms with E-state index in [2.05, 4.69) is 24.0 Å². The highest BCUT2D eigenvalue weighted by Crippen LogP contribution is 2.19. The highest BCUT2D eigenvalue weighted by Gasteiger charge is 2.28. The molecule has 0 bridgehead atoms. The summed E-state index contributed by atoms with van der Waals surface area (Å²) in [6.07, 6.45) is 2.99. The summed E-state index contributed by atoms with van der Waals surface area (Å²) in [6, 6.07) is 2.30. The zero-order chi connectivity index (χ0) is 18.5. The molecule has 0 fully saturated rings. The molecular weight excluding hydrogens is 376 g/mol. The molecule has 2 amide bonds. The molecule has 26 heavy (non-hydrogen) atoms. The third-order valence-electron chi connectivity index (χ3n) is 3.41. The highest BCUT2D eigenvalue weighted by molar-refractivity contribution is 7.07. The molecule has 3 heterocycles. The largest absolute Gasteiger partial charge is 0.363 e. The summed E-state index contributed by atoms with van der Waals surface area (Å²) in [5.74, 6) is -2.63. The van der Waals surface area contributed by atoms with Gasteiger partial charge in [0.2, 0.25) is 5.78 Å². The average molecular weight is 388 g/mol. The van der Waals surface area contributed by atoms with E-state index in [-0.39, 0.29) is 17.8 Å². The minimum absolute atomic E-state index is 0.0151. The van der Waals surface area contributed by atoms with Crippen LogP contribution in [0.1, 0.15) is 16.1 Å². The van der Waals surface area contributed by atoms with Gasteiger partial charge in [-0.2, -0.15) is 20.1 Å². The van der Waals surface area contributed by atoms with Crippen LogP contribution >= 0.6 is 23.1 Å². The molecule has 0 aliphatic heterocycles. The second-order valence-electron chi connectivity index (χ2n) is 5.15. The van der Waals surface area contributed by atoms with E-state index in [1.807, 2.05) is 10.8 Å². The quantitative estimate of drug-likeness (QED) is 0.560. The Morgan fingerprint density at radius 3 is 2.73 bits per heavy atom. The normalized spacial score (nSPS) is 11.7. The van der Waals surface area contributed by atoms with Crippen molar-refractivity contribution in [3.8, 4) is 11.4 Å². The minimum atomic E-state index is -1.11. The van der Waals surface area contributed by atoms with Crippen LogP contribution in [0.15, 0.2) is 35.4 Å². The molecule has 1 unspecified atom stereocenters. The molecule has 0 aliphatic carbocycles. The number of aromatic nitrogens is 4. The average Bonchev–Trinajstić information content (AvgIpc) is 3.32. The fourth-order valence-electron chi connectivity index (χ4n) is 2.19. The van der Waals surface area contributed by atoms with Gasteiger partial charge in [0.15, 0.2) is 5.69 Å². The Kier molecular flexibility index (Phi) is 5.39. The van der Waals surface area contributed by atoms with Gasteiger partial charge >= 0.3 is 0 Å². The van der Waals surface area contributed by atoms with E-state index in [1.165, 1.54) is 23.9 Å². The van der Waals surface area contributed by atoms with E-state index >= 15 is 0 Å². The van der Waals surface area contributed by atoms with Gasteiger partial charge in [-0.3, -0.25) is 14.4 Å². The standard InChI is InChI=1S/C15H12N6O3S2/c16-14(23)13(22)10(5-8-2-4-25-6-8)19-15(24)12-11(20-26-21-12)9-1-3-17-7-18-9/h1-4,6-7,10H,5H2,(H2,16,23)(H,19,24). The number of rotatable bonds is 7. The first-order valence-electron chi connectivity index (χ1n) is 7.30. The summed E-state index contributed by atoms with van der Waals surface area (Å²) >= 11 is 2.28. The van der Waals surface area contributed by atoms with Crippen molar-refractivity contribution < 1.29 is 14.4 Å². The summed E-state index contributed by atoms with van der Waals surface area (Å²) in [6.45, 7) is 0. The number of thiophene rings is 1. The van der Waals surface area contributed by atoms with Gasteiger partial charge < -0.3 is 11.1 Å². The lowest BCUT2D eigenvalue weighted by atomic mass is 10.0. The smallest absolute Gasteiger partial charge is 0.287 e. The van der Waals surface area contributed by atoms with Gasteiger partial charge in [-0.25, -0.2) is 9.97 Å². The van der Waals surface area contributed by atoms with Gasteiger partial charge in [-0.15, -0.1) is 0 Å². The van der Waals surface area contributed by atoms with E-state index in [9.17, 15) is 14.4 Å². The summed E-state index contributed by atoms with van der Waals surface area (Å²) in [5.41, 5.74) is 6.62. The number of primary amides is 1. The molecule has 1 atom stereocenters. The van der Waals surface area contributed by atoms with E-state index in [0.29, 0.717) is 5.69 Å². The summed E-state index contributed by atoms with van der Waals surface area (Å²) in [4.78, 5) is 43.9. The Morgan fingerprint density at radius 1 is 1.23 bits per heavy atom. The molecule has 3 rings (SSSR count). The van der Waals surface area contributed by atoms with Crippen LogP contribution in [0.25, 0.3) is 11.4 Å². The zero-order valence-electron chi connectivity index (χ0n) is 13.2. The van der Waals surface area contributed by atoms with E-state index < -0.39 is 23.6 Å². The van der Waals surface area contributed by atoms with Gasteiger partial charge in [-0.05, 0) is 28.5 Å². The molecule has 0 aromatic carbocycles. The maximum absolute atomic E-state index is 12.6. The molecule has 0 spiro atoms. The van der Waals surface area contributed by atoms with Crippen LogP contribution in [0.5, 0.6) is 0 Å². The Labute approximate surface area is 155 Å². The Bertz CT molecular complexity index is 926. The van der Waals surface area contributed by atoms with Crippen LogP contribution < -0.4 is 11.1 Å². The SMILES string of the molecule is NC(=O)C(=O)C(Cc1ccsc1)NC(=O)c1nsnc1-c1ccncn1. The van der Waals surface area contributed by atoms with Crippen molar-refractivity contribution in [3.63, 3.8) is 0 Å². The Balaban J connectivity index is 1.83. The second kappa shape index (κ2) is 7.89.